The van der Waals surface area contributed by atoms with E-state index in [4.69, 9.17) is 17.3 Å². The number of benzene rings is 2. The third kappa shape index (κ3) is 3.08. The van der Waals surface area contributed by atoms with Crippen molar-refractivity contribution in [2.45, 2.75) is 38.8 Å². The minimum atomic E-state index is -0.261. The topological polar surface area (TPSA) is 66.6 Å². The summed E-state index contributed by atoms with van der Waals surface area (Å²) in [6, 6.07) is 7.37. The molecule has 27 heavy (non-hydrogen) atoms. The zero-order chi connectivity index (χ0) is 18.6. The number of nitrogens with two attached hydrogens (primary N) is 1. The monoisotopic (exact) mass is 407 g/mol. The summed E-state index contributed by atoms with van der Waals surface area (Å²) < 4.78 is 0. The van der Waals surface area contributed by atoms with Gasteiger partial charge in [-0.3, -0.25) is 14.5 Å². The number of nitrogens with zero attached hydrogens (tertiary/aromatic N) is 2. The summed E-state index contributed by atoms with van der Waals surface area (Å²) >= 11 is 6.25. The minimum Gasteiger partial charge on any atom is -0.397 e. The molecule has 2 aliphatic rings. The summed E-state index contributed by atoms with van der Waals surface area (Å²) in [6.07, 6.45) is 1.59. The van der Waals surface area contributed by atoms with Crippen LogP contribution >= 0.6 is 24.0 Å². The van der Waals surface area contributed by atoms with Crippen molar-refractivity contribution in [2.75, 3.05) is 18.8 Å². The van der Waals surface area contributed by atoms with Crippen LogP contribution in [0.25, 0.3) is 10.8 Å². The summed E-state index contributed by atoms with van der Waals surface area (Å²) in [5.74, 6) is -0.485. The van der Waals surface area contributed by atoms with Gasteiger partial charge in [0, 0.05) is 41.5 Å². The van der Waals surface area contributed by atoms with E-state index in [0.717, 1.165) is 25.9 Å². The normalized spacial score (nSPS) is 18.3. The largest absolute Gasteiger partial charge is 0.397 e. The molecular weight excluding hydrogens is 385 g/mol. The Morgan fingerprint density at radius 1 is 1.11 bits per heavy atom. The molecule has 4 rings (SSSR count). The zero-order valence-corrected chi connectivity index (χ0v) is 16.9. The molecule has 0 atom stereocenters. The van der Waals surface area contributed by atoms with Crippen LogP contribution in [0.1, 0.15) is 47.4 Å². The molecule has 144 valence electrons. The highest BCUT2D eigenvalue weighted by molar-refractivity contribution is 6.37. The average Bonchev–Trinajstić information content (AvgIpc) is 2.63. The number of halogens is 2. The molecule has 1 saturated heterocycles. The maximum atomic E-state index is 13.2. The lowest BCUT2D eigenvalue weighted by Gasteiger charge is -2.40. The number of carbonyl (C=O) groups is 2. The Balaban J connectivity index is 0.00000210. The Morgan fingerprint density at radius 2 is 1.74 bits per heavy atom. The zero-order valence-electron chi connectivity index (χ0n) is 15.4. The van der Waals surface area contributed by atoms with Crippen LogP contribution in [-0.2, 0) is 0 Å². The van der Waals surface area contributed by atoms with Crippen LogP contribution in [0.4, 0.5) is 5.69 Å². The van der Waals surface area contributed by atoms with Crippen LogP contribution < -0.4 is 5.73 Å². The Hall–Kier alpha value is -1.82. The predicted octanol–water partition coefficient (Wildman–Crippen LogP) is 3.97. The van der Waals surface area contributed by atoms with Crippen LogP contribution in [0.15, 0.2) is 24.3 Å². The molecule has 0 spiro atoms. The number of rotatable bonds is 2. The lowest BCUT2D eigenvalue weighted by molar-refractivity contribution is 0.0438. The van der Waals surface area contributed by atoms with Gasteiger partial charge < -0.3 is 10.6 Å². The smallest absolute Gasteiger partial charge is 0.261 e. The summed E-state index contributed by atoms with van der Waals surface area (Å²) in [5, 5.41) is 1.64. The molecule has 2 aromatic rings. The van der Waals surface area contributed by atoms with Crippen molar-refractivity contribution in [1.82, 2.24) is 9.80 Å². The van der Waals surface area contributed by atoms with E-state index >= 15 is 0 Å². The molecule has 0 aromatic heterocycles. The van der Waals surface area contributed by atoms with Gasteiger partial charge in [-0.2, -0.15) is 0 Å². The van der Waals surface area contributed by atoms with Gasteiger partial charge in [-0.25, -0.2) is 0 Å². The SMILES string of the molecule is CC(C)N1CCC(N2C(=O)c3cccc4c(N)c(Cl)cc(c34)C2=O)CC1.Cl. The van der Waals surface area contributed by atoms with Crippen molar-refractivity contribution in [2.24, 2.45) is 0 Å². The third-order valence-corrected chi connectivity index (χ3v) is 5.96. The van der Waals surface area contributed by atoms with Crippen LogP contribution in [-0.4, -0.2) is 46.8 Å². The van der Waals surface area contributed by atoms with E-state index in [1.807, 2.05) is 0 Å². The number of likely N-dealkylation sites (tertiary alicyclic amines) is 1. The second kappa shape index (κ2) is 7.30. The first-order valence-corrected chi connectivity index (χ1v) is 9.40. The van der Waals surface area contributed by atoms with Gasteiger partial charge in [0.1, 0.15) is 0 Å². The molecule has 0 unspecified atom stereocenters. The van der Waals surface area contributed by atoms with Gasteiger partial charge >= 0.3 is 0 Å². The van der Waals surface area contributed by atoms with E-state index in [9.17, 15) is 9.59 Å². The fourth-order valence-corrected chi connectivity index (χ4v) is 4.37. The van der Waals surface area contributed by atoms with Gasteiger partial charge in [-0.05, 0) is 38.8 Å². The second-order valence-corrected chi connectivity index (χ2v) is 7.80. The van der Waals surface area contributed by atoms with E-state index < -0.39 is 0 Å². The molecule has 7 heteroatoms. The molecular formula is C20H23Cl2N3O2. The third-order valence-electron chi connectivity index (χ3n) is 5.65. The molecule has 2 heterocycles. The molecule has 5 nitrogen and oxygen atoms in total. The quantitative estimate of drug-likeness (QED) is 0.603. The molecule has 0 aliphatic carbocycles. The summed E-state index contributed by atoms with van der Waals surface area (Å²) in [6.45, 7) is 6.11. The van der Waals surface area contributed by atoms with Gasteiger partial charge in [0.25, 0.3) is 11.8 Å². The Labute approximate surface area is 169 Å². The average molecular weight is 408 g/mol. The lowest BCUT2D eigenvalue weighted by atomic mass is 9.90. The van der Waals surface area contributed by atoms with Gasteiger partial charge in [0.2, 0.25) is 0 Å². The molecule has 0 radical (unpaired) electrons. The van der Waals surface area contributed by atoms with E-state index in [1.54, 1.807) is 24.3 Å². The van der Waals surface area contributed by atoms with Crippen molar-refractivity contribution >= 4 is 52.3 Å². The highest BCUT2D eigenvalue weighted by Gasteiger charge is 2.39. The minimum absolute atomic E-state index is 0. The molecule has 0 saturated carbocycles. The van der Waals surface area contributed by atoms with Crippen molar-refractivity contribution < 1.29 is 9.59 Å². The molecule has 2 aliphatic heterocycles. The lowest BCUT2D eigenvalue weighted by Crippen LogP contribution is -2.52. The predicted molar refractivity (Wildman–Crippen MR) is 111 cm³/mol. The first-order valence-electron chi connectivity index (χ1n) is 9.02. The van der Waals surface area contributed by atoms with Crippen molar-refractivity contribution in [3.8, 4) is 0 Å². The summed E-state index contributed by atoms with van der Waals surface area (Å²) in [5.41, 5.74) is 7.49. The van der Waals surface area contributed by atoms with E-state index in [0.29, 0.717) is 38.7 Å². The number of carbonyl (C=O) groups excluding carboxylic acids is 2. The Kier molecular flexibility index (Phi) is 5.39. The van der Waals surface area contributed by atoms with Gasteiger partial charge in [0.05, 0.1) is 16.3 Å². The maximum absolute atomic E-state index is 13.2. The second-order valence-electron chi connectivity index (χ2n) is 7.39. The van der Waals surface area contributed by atoms with Crippen LogP contribution in [0.5, 0.6) is 0 Å². The van der Waals surface area contributed by atoms with Crippen molar-refractivity contribution in [3.63, 3.8) is 0 Å². The van der Waals surface area contributed by atoms with Crippen molar-refractivity contribution in [1.29, 1.82) is 0 Å². The standard InChI is InChI=1S/C20H22ClN3O2.ClH/c1-11(2)23-8-6-12(7-9-23)24-19(25)14-5-3-4-13-17(14)15(20(24)26)10-16(21)18(13)22;/h3-5,10-12H,6-9,22H2,1-2H3;1H. The molecule has 2 aromatic carbocycles. The number of amides is 2. The number of piperidine rings is 1. The van der Waals surface area contributed by atoms with E-state index in [1.165, 1.54) is 4.90 Å². The molecule has 1 fully saturated rings. The van der Waals surface area contributed by atoms with Crippen molar-refractivity contribution in [3.05, 3.63) is 40.4 Å². The number of hydrogen-bond acceptors (Lipinski definition) is 4. The Morgan fingerprint density at radius 3 is 2.37 bits per heavy atom. The number of anilines is 1. The summed E-state index contributed by atoms with van der Waals surface area (Å²) in [7, 11) is 0. The van der Waals surface area contributed by atoms with E-state index in [2.05, 4.69) is 18.7 Å². The fourth-order valence-electron chi connectivity index (χ4n) is 4.16. The molecule has 2 N–H and O–H groups in total. The number of hydrogen-bond donors (Lipinski definition) is 1. The fraction of sp³-hybridized carbons (Fsp3) is 0.400. The number of nitrogen functional groups attached to an aromatic ring is 1. The van der Waals surface area contributed by atoms with Crippen LogP contribution in [0, 0.1) is 0 Å². The molecule has 2 amide bonds. The first-order chi connectivity index (χ1) is 12.4. The molecule has 0 bridgehead atoms. The summed E-state index contributed by atoms with van der Waals surface area (Å²) in [4.78, 5) is 30.1. The van der Waals surface area contributed by atoms with Gasteiger partial charge in [-0.1, -0.05) is 23.7 Å². The first kappa shape index (κ1) is 19.9. The van der Waals surface area contributed by atoms with Gasteiger partial charge in [0.15, 0.2) is 0 Å². The highest BCUT2D eigenvalue weighted by atomic mass is 35.5. The van der Waals surface area contributed by atoms with E-state index in [-0.39, 0.29) is 30.3 Å². The maximum Gasteiger partial charge on any atom is 0.261 e. The van der Waals surface area contributed by atoms with Gasteiger partial charge in [-0.15, -0.1) is 12.4 Å². The highest BCUT2D eigenvalue weighted by Crippen LogP contribution is 2.38. The van der Waals surface area contributed by atoms with Crippen LogP contribution in [0.3, 0.4) is 0 Å². The number of imide groups is 1. The Bertz CT molecular complexity index is 921. The van der Waals surface area contributed by atoms with Crippen LogP contribution in [0.2, 0.25) is 5.02 Å².